The fourth-order valence-corrected chi connectivity index (χ4v) is 11.8. The maximum atomic E-state index is 12.9. The fraction of sp³-hybridized carbons (Fsp3) is 0.0816. The van der Waals surface area contributed by atoms with Gasteiger partial charge in [0.2, 0.25) is 9.84 Å². The highest BCUT2D eigenvalue weighted by atomic mass is 32.3. The second-order valence-electron chi connectivity index (χ2n) is 14.5. The Balaban J connectivity index is 0.000000208. The molecule has 0 spiro atoms. The van der Waals surface area contributed by atoms with Crippen LogP contribution in [0.5, 0.6) is 23.0 Å². The third kappa shape index (κ3) is 13.2. The number of nitrogens with one attached hydrogen (secondary N) is 2. The van der Waals surface area contributed by atoms with Crippen LogP contribution in [0.15, 0.2) is 194 Å². The van der Waals surface area contributed by atoms with Crippen LogP contribution in [0.4, 0.5) is 11.4 Å². The van der Waals surface area contributed by atoms with Crippen LogP contribution in [0.1, 0.15) is 20.7 Å². The summed E-state index contributed by atoms with van der Waals surface area (Å²) in [5.74, 6) is 0.0684. The topological polar surface area (TPSA) is 251 Å². The van der Waals surface area contributed by atoms with Crippen molar-refractivity contribution in [2.75, 3.05) is 35.9 Å². The zero-order chi connectivity index (χ0) is 49.7. The Morgan fingerprint density at radius 2 is 0.900 bits per heavy atom. The van der Waals surface area contributed by atoms with Gasteiger partial charge in [0.15, 0.2) is 0 Å². The number of ether oxygens (including phenoxy) is 4. The maximum absolute atomic E-state index is 12.9. The predicted octanol–water partition coefficient (Wildman–Crippen LogP) is 8.73. The van der Waals surface area contributed by atoms with Crippen LogP contribution in [-0.4, -0.2) is 78.8 Å². The smallest absolute Gasteiger partial charge is 0.335 e. The Labute approximate surface area is 406 Å². The highest BCUT2D eigenvalue weighted by molar-refractivity contribution is 7.96. The van der Waals surface area contributed by atoms with Gasteiger partial charge in [-0.25, -0.2) is 34.8 Å². The largest absolute Gasteiger partial charge is 0.490 e. The molecule has 2 heterocycles. The molecule has 4 N–H and O–H groups in total. The third-order valence-electron chi connectivity index (χ3n) is 9.68. The van der Waals surface area contributed by atoms with Crippen molar-refractivity contribution in [1.82, 2.24) is 4.98 Å². The molecule has 0 bridgehead atoms. The monoisotopic (exact) mass is 1020 g/mol. The normalized spacial score (nSPS) is 11.4. The lowest BCUT2D eigenvalue weighted by Crippen LogP contribution is -2.14. The van der Waals surface area contributed by atoms with Gasteiger partial charge in [0.05, 0.1) is 21.5 Å². The summed E-state index contributed by atoms with van der Waals surface area (Å²) in [6.45, 7) is 0.940. The van der Waals surface area contributed by atoms with E-state index in [0.29, 0.717) is 45.5 Å². The van der Waals surface area contributed by atoms with Crippen molar-refractivity contribution in [3.05, 3.63) is 187 Å². The lowest BCUT2D eigenvalue weighted by atomic mass is 10.2. The van der Waals surface area contributed by atoms with Gasteiger partial charge in [0.1, 0.15) is 62.7 Å². The number of pyridine rings is 1. The molecule has 17 nitrogen and oxygen atoms in total. The Morgan fingerprint density at radius 3 is 1.37 bits per heavy atom. The summed E-state index contributed by atoms with van der Waals surface area (Å²) in [6.07, 6.45) is 1.56. The number of carboxylic acid groups (broad SMARTS) is 2. The molecule has 8 aromatic rings. The first kappa shape index (κ1) is 49.9. The second-order valence-corrected chi connectivity index (χ2v) is 21.4. The van der Waals surface area contributed by atoms with E-state index in [1.54, 1.807) is 97.2 Å². The minimum atomic E-state index is -4.00. The summed E-state index contributed by atoms with van der Waals surface area (Å²) in [4.78, 5) is 26.1. The van der Waals surface area contributed by atoms with Crippen molar-refractivity contribution in [3.8, 4) is 23.0 Å². The Bertz CT molecular complexity index is 3410. The van der Waals surface area contributed by atoms with Gasteiger partial charge >= 0.3 is 11.9 Å². The van der Waals surface area contributed by atoms with Crippen LogP contribution in [-0.2, 0) is 29.9 Å². The first-order valence-electron chi connectivity index (χ1n) is 20.7. The number of aromatic nitrogens is 1. The lowest BCUT2D eigenvalue weighted by Gasteiger charge is -2.11. The zero-order valence-corrected chi connectivity index (χ0v) is 39.7. The number of hydrogen-bond acceptors (Lipinski definition) is 14. The van der Waals surface area contributed by atoms with E-state index in [-0.39, 0.29) is 61.5 Å². The lowest BCUT2D eigenvalue weighted by molar-refractivity contribution is 0.0686. The molecule has 0 fully saturated rings. The number of benzene rings is 6. The Kier molecular flexibility index (Phi) is 16.0. The van der Waals surface area contributed by atoms with Crippen LogP contribution in [0.3, 0.4) is 0 Å². The molecular formula is C49H41N3O14S4. The number of para-hydroxylation sites is 1. The molecule has 0 atom stereocenters. The molecule has 0 unspecified atom stereocenters. The van der Waals surface area contributed by atoms with E-state index < -0.39 is 41.8 Å². The summed E-state index contributed by atoms with van der Waals surface area (Å²) in [7, 11) is -11.6. The zero-order valence-electron chi connectivity index (χ0n) is 36.4. The molecule has 360 valence electrons. The molecule has 0 aliphatic carbocycles. The summed E-state index contributed by atoms with van der Waals surface area (Å²) >= 11 is 0.672. The van der Waals surface area contributed by atoms with Gasteiger partial charge in [-0.1, -0.05) is 36.4 Å². The molecule has 70 heavy (non-hydrogen) atoms. The quantitative estimate of drug-likeness (QED) is 0.0521. The highest BCUT2D eigenvalue weighted by Crippen LogP contribution is 2.32. The van der Waals surface area contributed by atoms with E-state index in [4.69, 9.17) is 29.2 Å². The van der Waals surface area contributed by atoms with E-state index in [0.717, 1.165) is 5.39 Å². The van der Waals surface area contributed by atoms with Crippen LogP contribution in [0.2, 0.25) is 0 Å². The van der Waals surface area contributed by atoms with Crippen molar-refractivity contribution in [2.24, 2.45) is 0 Å². The first-order valence-corrected chi connectivity index (χ1v) is 26.0. The number of fused-ring (bicyclic) bond motifs is 1. The van der Waals surface area contributed by atoms with Crippen molar-refractivity contribution < 1.29 is 64.0 Å². The number of hydrogen-bond donors (Lipinski definition) is 4. The molecule has 0 amide bonds. The number of rotatable bonds is 20. The molecule has 8 rings (SSSR count). The first-order chi connectivity index (χ1) is 33.6. The van der Waals surface area contributed by atoms with Crippen molar-refractivity contribution >= 4 is 75.4 Å². The van der Waals surface area contributed by atoms with Gasteiger partial charge < -0.3 is 29.2 Å². The van der Waals surface area contributed by atoms with Gasteiger partial charge in [0, 0.05) is 23.0 Å². The Hall–Kier alpha value is -7.98. The molecule has 6 aromatic carbocycles. The van der Waals surface area contributed by atoms with Crippen molar-refractivity contribution in [2.45, 2.75) is 18.2 Å². The minimum Gasteiger partial charge on any atom is -0.490 e. The van der Waals surface area contributed by atoms with E-state index in [1.165, 1.54) is 66.7 Å². The summed E-state index contributed by atoms with van der Waals surface area (Å²) in [6, 6.07) is 43.7. The summed E-state index contributed by atoms with van der Waals surface area (Å²) in [5.41, 5.74) is 1.43. The predicted molar refractivity (Wildman–Crippen MR) is 261 cm³/mol. The molecule has 0 radical (unpaired) electrons. The molecule has 2 aromatic heterocycles. The van der Waals surface area contributed by atoms with Crippen molar-refractivity contribution in [1.29, 1.82) is 0 Å². The molecule has 0 saturated heterocycles. The van der Waals surface area contributed by atoms with Crippen LogP contribution < -0.4 is 28.4 Å². The van der Waals surface area contributed by atoms with Crippen molar-refractivity contribution in [3.63, 3.8) is 0 Å². The van der Waals surface area contributed by atoms with Gasteiger partial charge in [-0.3, -0.25) is 14.4 Å². The number of carbonyl (C=O) groups is 2. The second kappa shape index (κ2) is 22.4. The minimum absolute atomic E-state index is 0.0668. The average molecular weight is 1020 g/mol. The molecule has 0 aliphatic rings. The highest BCUT2D eigenvalue weighted by Gasteiger charge is 2.25. The fourth-order valence-electron chi connectivity index (χ4n) is 6.28. The number of anilines is 2. The van der Waals surface area contributed by atoms with Crippen LogP contribution in [0.25, 0.3) is 10.9 Å². The Morgan fingerprint density at radius 1 is 0.471 bits per heavy atom. The average Bonchev–Trinajstić information content (AvgIpc) is 3.89. The standard InChI is InChI=1S/C25H21NO8S3.C24H20N2O6S/c27-25(28)18-6-10-20(11-7-18)33-16-17-34-21-12-8-19(9-13-21)26-37(31,32)24-15-14-23(35-24)36(29,30)22-4-2-1-3-5-22;27-24(28)18-6-10-20(11-7-18)31-15-16-32-21-12-8-19(9-13-21)26-33(29,30)22-5-1-3-17-4-2-14-25-23(17)22/h1-15,26H,16-17H2,(H,27,28);1-14,26H,15-16H2,(H,27,28). The number of aromatic carboxylic acids is 2. The summed E-state index contributed by atoms with van der Waals surface area (Å²) < 4.78 is 104. The molecule has 0 saturated carbocycles. The van der Waals surface area contributed by atoms with Gasteiger partial charge in [0.25, 0.3) is 20.0 Å². The SMILES string of the molecule is O=C(O)c1ccc(OCCOc2ccc(NS(=O)(=O)c3ccc(S(=O)(=O)c4ccccc4)s3)cc2)cc1.O=C(O)c1ccc(OCCOc2ccc(NS(=O)(=O)c3cccc4cccnc34)cc2)cc1. The maximum Gasteiger partial charge on any atom is 0.335 e. The number of nitrogens with zero attached hydrogens (tertiary/aromatic N) is 1. The van der Waals surface area contributed by atoms with Gasteiger partial charge in [-0.05, 0) is 133 Å². The molecule has 21 heteroatoms. The number of sulfonamides is 2. The van der Waals surface area contributed by atoms with Crippen LogP contribution in [0, 0.1) is 0 Å². The third-order valence-corrected chi connectivity index (χ3v) is 16.3. The van der Waals surface area contributed by atoms with E-state index in [9.17, 15) is 34.8 Å². The molecule has 0 aliphatic heterocycles. The van der Waals surface area contributed by atoms with E-state index in [2.05, 4.69) is 14.4 Å². The number of sulfone groups is 1. The summed E-state index contributed by atoms with van der Waals surface area (Å²) in [5, 5.41) is 18.5. The molecular weight excluding hydrogens is 983 g/mol. The van der Waals surface area contributed by atoms with Crippen LogP contribution >= 0.6 is 11.3 Å². The van der Waals surface area contributed by atoms with Gasteiger partial charge in [-0.2, -0.15) is 0 Å². The van der Waals surface area contributed by atoms with E-state index in [1.807, 2.05) is 12.1 Å². The van der Waals surface area contributed by atoms with E-state index >= 15 is 0 Å². The van der Waals surface area contributed by atoms with Gasteiger partial charge in [-0.15, -0.1) is 11.3 Å². The number of carboxylic acids is 2. The number of thiophene rings is 1.